The average Bonchev–Trinajstić information content (AvgIpc) is 2.29. The van der Waals surface area contributed by atoms with Gasteiger partial charge in [0.2, 0.25) is 0 Å². The number of hydrogen-bond acceptors (Lipinski definition) is 3. The molecule has 0 aliphatic carbocycles. The lowest BCUT2D eigenvalue weighted by Crippen LogP contribution is -1.93. The van der Waals surface area contributed by atoms with Crippen molar-refractivity contribution in [2.45, 2.75) is 0 Å². The fourth-order valence-corrected chi connectivity index (χ4v) is 1.56. The predicted octanol–water partition coefficient (Wildman–Crippen LogP) is 3.63. The lowest BCUT2D eigenvalue weighted by atomic mass is 10.2. The van der Waals surface area contributed by atoms with Crippen LogP contribution in [-0.4, -0.2) is 12.1 Å². The van der Waals surface area contributed by atoms with Crippen molar-refractivity contribution in [2.75, 3.05) is 12.4 Å². The third-order valence-electron chi connectivity index (χ3n) is 2.17. The van der Waals surface area contributed by atoms with Crippen molar-refractivity contribution in [2.24, 2.45) is 0 Å². The second kappa shape index (κ2) is 5.01. The molecule has 3 nitrogen and oxygen atoms in total. The molecule has 0 amide bonds. The summed E-state index contributed by atoms with van der Waals surface area (Å²) >= 11 is 5.74. The number of rotatable bonds is 3. The summed E-state index contributed by atoms with van der Waals surface area (Å²) in [7, 11) is 1.42. The van der Waals surface area contributed by atoms with Crippen molar-refractivity contribution in [1.82, 2.24) is 4.98 Å². The van der Waals surface area contributed by atoms with Crippen molar-refractivity contribution < 1.29 is 9.13 Å². The van der Waals surface area contributed by atoms with E-state index in [-0.39, 0.29) is 5.75 Å². The Morgan fingerprint density at radius 1 is 1.24 bits per heavy atom. The molecular formula is C12H10ClFN2O. The Morgan fingerprint density at radius 2 is 2.00 bits per heavy atom. The monoisotopic (exact) mass is 252 g/mol. The van der Waals surface area contributed by atoms with Crippen LogP contribution < -0.4 is 10.1 Å². The Hall–Kier alpha value is -1.81. The van der Waals surface area contributed by atoms with Crippen LogP contribution >= 0.6 is 11.6 Å². The second-order valence-corrected chi connectivity index (χ2v) is 3.73. The van der Waals surface area contributed by atoms with Gasteiger partial charge in [-0.05, 0) is 24.3 Å². The predicted molar refractivity (Wildman–Crippen MR) is 65.5 cm³/mol. The molecule has 0 aliphatic rings. The molecule has 88 valence electrons. The number of nitrogens with one attached hydrogen (secondary N) is 1. The smallest absolute Gasteiger partial charge is 0.167 e. The number of pyridine rings is 1. The summed E-state index contributed by atoms with van der Waals surface area (Å²) in [6, 6.07) is 8.03. The third kappa shape index (κ3) is 2.85. The van der Waals surface area contributed by atoms with Crippen LogP contribution in [-0.2, 0) is 0 Å². The van der Waals surface area contributed by atoms with Gasteiger partial charge in [-0.2, -0.15) is 0 Å². The van der Waals surface area contributed by atoms with Crippen molar-refractivity contribution in [3.05, 3.63) is 47.5 Å². The zero-order valence-electron chi connectivity index (χ0n) is 9.08. The molecule has 0 aliphatic heterocycles. The van der Waals surface area contributed by atoms with E-state index in [1.807, 2.05) is 0 Å². The van der Waals surface area contributed by atoms with Gasteiger partial charge in [0.05, 0.1) is 7.11 Å². The average molecular weight is 253 g/mol. The number of benzene rings is 1. The van der Waals surface area contributed by atoms with Gasteiger partial charge in [0.15, 0.2) is 11.6 Å². The van der Waals surface area contributed by atoms with Crippen LogP contribution in [0.1, 0.15) is 0 Å². The fourth-order valence-electron chi connectivity index (χ4n) is 1.39. The molecule has 1 aromatic heterocycles. The summed E-state index contributed by atoms with van der Waals surface area (Å²) in [6.45, 7) is 0. The van der Waals surface area contributed by atoms with Gasteiger partial charge in [-0.3, -0.25) is 0 Å². The summed E-state index contributed by atoms with van der Waals surface area (Å²) in [4.78, 5) is 3.86. The van der Waals surface area contributed by atoms with Gasteiger partial charge in [0, 0.05) is 23.6 Å². The highest BCUT2D eigenvalue weighted by Crippen LogP contribution is 2.24. The second-order valence-electron chi connectivity index (χ2n) is 3.34. The van der Waals surface area contributed by atoms with Crippen molar-refractivity contribution in [1.29, 1.82) is 0 Å². The third-order valence-corrected chi connectivity index (χ3v) is 2.37. The maximum atomic E-state index is 13.4. The van der Waals surface area contributed by atoms with Gasteiger partial charge in [0.1, 0.15) is 5.15 Å². The maximum absolute atomic E-state index is 13.4. The highest BCUT2D eigenvalue weighted by atomic mass is 35.5. The van der Waals surface area contributed by atoms with Crippen molar-refractivity contribution >= 4 is 23.0 Å². The number of anilines is 2. The summed E-state index contributed by atoms with van der Waals surface area (Å²) in [6.07, 6.45) is 1.57. The van der Waals surface area contributed by atoms with Gasteiger partial charge in [-0.15, -0.1) is 0 Å². The molecule has 17 heavy (non-hydrogen) atoms. The molecule has 0 bridgehead atoms. The Bertz CT molecular complexity index is 534. The van der Waals surface area contributed by atoms with Crippen molar-refractivity contribution in [3.63, 3.8) is 0 Å². The maximum Gasteiger partial charge on any atom is 0.167 e. The van der Waals surface area contributed by atoms with Crippen LogP contribution in [0.3, 0.4) is 0 Å². The van der Waals surface area contributed by atoms with Crippen molar-refractivity contribution in [3.8, 4) is 5.75 Å². The molecule has 5 heteroatoms. The molecule has 1 heterocycles. The van der Waals surface area contributed by atoms with Gasteiger partial charge in [-0.25, -0.2) is 9.37 Å². The number of halogens is 2. The summed E-state index contributed by atoms with van der Waals surface area (Å²) in [5, 5.41) is 3.40. The van der Waals surface area contributed by atoms with E-state index in [1.54, 1.807) is 30.5 Å². The molecule has 0 spiro atoms. The van der Waals surface area contributed by atoms with Crippen LogP contribution in [0.5, 0.6) is 5.75 Å². The quantitative estimate of drug-likeness (QED) is 0.847. The first-order valence-electron chi connectivity index (χ1n) is 4.91. The van der Waals surface area contributed by atoms with E-state index in [0.717, 1.165) is 5.69 Å². The highest BCUT2D eigenvalue weighted by molar-refractivity contribution is 6.29. The summed E-state index contributed by atoms with van der Waals surface area (Å²) in [5.74, 6) is -0.207. The molecular weight excluding hydrogens is 243 g/mol. The molecule has 0 saturated heterocycles. The standard InChI is InChI=1S/C12H10ClFN2O/c1-17-11-3-2-8(6-10(11)14)16-9-4-5-15-12(13)7-9/h2-7H,1H3,(H,15,16). The van der Waals surface area contributed by atoms with E-state index in [0.29, 0.717) is 10.8 Å². The summed E-state index contributed by atoms with van der Waals surface area (Å²) < 4.78 is 18.3. The van der Waals surface area contributed by atoms with Gasteiger partial charge in [-0.1, -0.05) is 11.6 Å². The number of hydrogen-bond donors (Lipinski definition) is 1. The van der Waals surface area contributed by atoms with E-state index in [9.17, 15) is 4.39 Å². The molecule has 2 rings (SSSR count). The first kappa shape index (κ1) is 11.7. The molecule has 1 aromatic carbocycles. The molecule has 0 unspecified atom stereocenters. The van der Waals surface area contributed by atoms with Crippen LogP contribution in [0, 0.1) is 5.82 Å². The lowest BCUT2D eigenvalue weighted by molar-refractivity contribution is 0.386. The van der Waals surface area contributed by atoms with E-state index in [2.05, 4.69) is 10.3 Å². The zero-order valence-corrected chi connectivity index (χ0v) is 9.83. The first-order chi connectivity index (χ1) is 8.19. The Morgan fingerprint density at radius 3 is 2.65 bits per heavy atom. The minimum atomic E-state index is -0.419. The number of aromatic nitrogens is 1. The highest BCUT2D eigenvalue weighted by Gasteiger charge is 2.03. The van der Waals surface area contributed by atoms with Crippen LogP contribution in [0.15, 0.2) is 36.5 Å². The lowest BCUT2D eigenvalue weighted by Gasteiger charge is -2.08. The van der Waals surface area contributed by atoms with Gasteiger partial charge in [0.25, 0.3) is 0 Å². The minimum absolute atomic E-state index is 0.211. The number of methoxy groups -OCH3 is 1. The minimum Gasteiger partial charge on any atom is -0.494 e. The molecule has 1 N–H and O–H groups in total. The zero-order chi connectivity index (χ0) is 12.3. The molecule has 0 atom stereocenters. The fraction of sp³-hybridized carbons (Fsp3) is 0.0833. The molecule has 0 fully saturated rings. The normalized spacial score (nSPS) is 10.1. The molecule has 2 aromatic rings. The SMILES string of the molecule is COc1ccc(Nc2ccnc(Cl)c2)cc1F. The van der Waals surface area contributed by atoms with E-state index >= 15 is 0 Å². The van der Waals surface area contributed by atoms with E-state index in [1.165, 1.54) is 13.2 Å². The summed E-state index contributed by atoms with van der Waals surface area (Å²) in [5.41, 5.74) is 1.36. The topological polar surface area (TPSA) is 34.1 Å². The largest absolute Gasteiger partial charge is 0.494 e. The number of ether oxygens (including phenoxy) is 1. The van der Waals surface area contributed by atoms with Crippen LogP contribution in [0.4, 0.5) is 15.8 Å². The first-order valence-corrected chi connectivity index (χ1v) is 5.29. The Kier molecular flexibility index (Phi) is 3.44. The Labute approximate surface area is 103 Å². The van der Waals surface area contributed by atoms with Crippen LogP contribution in [0.25, 0.3) is 0 Å². The molecule has 0 radical (unpaired) electrons. The van der Waals surface area contributed by atoms with E-state index in [4.69, 9.17) is 16.3 Å². The van der Waals surface area contributed by atoms with Crippen LogP contribution in [0.2, 0.25) is 5.15 Å². The number of nitrogens with zero attached hydrogens (tertiary/aromatic N) is 1. The molecule has 0 saturated carbocycles. The Balaban J connectivity index is 2.22. The van der Waals surface area contributed by atoms with E-state index < -0.39 is 5.82 Å². The van der Waals surface area contributed by atoms with Gasteiger partial charge < -0.3 is 10.1 Å². The van der Waals surface area contributed by atoms with Gasteiger partial charge >= 0.3 is 0 Å².